The van der Waals surface area contributed by atoms with Crippen LogP contribution in [0, 0.1) is 5.41 Å². The molecule has 0 aliphatic carbocycles. The summed E-state index contributed by atoms with van der Waals surface area (Å²) >= 11 is 0. The van der Waals surface area contributed by atoms with Gasteiger partial charge in [0.25, 0.3) is 0 Å². The molecular formula is C21H24N2O2. The SMILES string of the molecule is CC(C)(C)C(=Cn1ccnc1)OCCOc1ccc2ccccc2c1. The maximum absolute atomic E-state index is 5.98. The molecule has 0 aliphatic heterocycles. The molecule has 0 unspecified atom stereocenters. The van der Waals surface area contributed by atoms with Crippen molar-refractivity contribution in [1.82, 2.24) is 9.55 Å². The molecule has 0 spiro atoms. The number of hydrogen-bond acceptors (Lipinski definition) is 3. The molecule has 0 saturated heterocycles. The second kappa shape index (κ2) is 7.43. The highest BCUT2D eigenvalue weighted by Gasteiger charge is 2.19. The first-order valence-corrected chi connectivity index (χ1v) is 8.46. The van der Waals surface area contributed by atoms with Gasteiger partial charge in [-0.2, -0.15) is 0 Å². The summed E-state index contributed by atoms with van der Waals surface area (Å²) < 4.78 is 13.7. The van der Waals surface area contributed by atoms with E-state index in [9.17, 15) is 0 Å². The summed E-state index contributed by atoms with van der Waals surface area (Å²) in [6, 6.07) is 14.4. The summed E-state index contributed by atoms with van der Waals surface area (Å²) in [6.07, 6.45) is 7.35. The number of aromatic nitrogens is 2. The van der Waals surface area contributed by atoms with Crippen LogP contribution in [-0.4, -0.2) is 22.8 Å². The van der Waals surface area contributed by atoms with Crippen LogP contribution in [0.3, 0.4) is 0 Å². The first kappa shape index (κ1) is 17.1. The number of rotatable bonds is 6. The number of fused-ring (bicyclic) bond motifs is 1. The molecule has 0 fully saturated rings. The molecule has 2 aromatic carbocycles. The summed E-state index contributed by atoms with van der Waals surface area (Å²) in [5.74, 6) is 1.76. The zero-order chi connectivity index (χ0) is 17.7. The largest absolute Gasteiger partial charge is 0.492 e. The Morgan fingerprint density at radius 3 is 2.60 bits per heavy atom. The predicted octanol–water partition coefficient (Wildman–Crippen LogP) is 4.98. The lowest BCUT2D eigenvalue weighted by Gasteiger charge is -2.23. The van der Waals surface area contributed by atoms with Crippen LogP contribution >= 0.6 is 0 Å². The van der Waals surface area contributed by atoms with E-state index in [1.165, 1.54) is 10.8 Å². The van der Waals surface area contributed by atoms with E-state index in [0.717, 1.165) is 11.5 Å². The van der Waals surface area contributed by atoms with Crippen molar-refractivity contribution in [2.45, 2.75) is 20.8 Å². The molecular weight excluding hydrogens is 312 g/mol. The molecule has 0 N–H and O–H groups in total. The van der Waals surface area contributed by atoms with E-state index in [0.29, 0.717) is 13.2 Å². The van der Waals surface area contributed by atoms with E-state index < -0.39 is 0 Å². The molecule has 4 nitrogen and oxygen atoms in total. The Labute approximate surface area is 148 Å². The van der Waals surface area contributed by atoms with E-state index in [-0.39, 0.29) is 5.41 Å². The third-order valence-electron chi connectivity index (χ3n) is 3.86. The molecule has 0 amide bonds. The van der Waals surface area contributed by atoms with Gasteiger partial charge in [0.2, 0.25) is 0 Å². The second-order valence-electron chi connectivity index (χ2n) is 6.96. The number of benzene rings is 2. The highest BCUT2D eigenvalue weighted by atomic mass is 16.5. The van der Waals surface area contributed by atoms with Crippen molar-refractivity contribution < 1.29 is 9.47 Å². The standard InChI is InChI=1S/C21H24N2O2/c1-21(2,3)20(15-23-11-10-22-16-23)25-13-12-24-19-9-8-17-6-4-5-7-18(17)14-19/h4-11,14-16H,12-13H2,1-3H3. The van der Waals surface area contributed by atoms with Crippen LogP contribution in [0.2, 0.25) is 0 Å². The maximum Gasteiger partial charge on any atom is 0.122 e. The molecule has 0 bridgehead atoms. The Balaban J connectivity index is 1.58. The summed E-state index contributed by atoms with van der Waals surface area (Å²) in [7, 11) is 0. The summed E-state index contributed by atoms with van der Waals surface area (Å²) in [6.45, 7) is 7.36. The van der Waals surface area contributed by atoms with Gasteiger partial charge < -0.3 is 14.0 Å². The van der Waals surface area contributed by atoms with Crippen LogP contribution in [0.15, 0.2) is 66.9 Å². The smallest absolute Gasteiger partial charge is 0.122 e. The van der Waals surface area contributed by atoms with E-state index in [1.807, 2.05) is 35.2 Å². The van der Waals surface area contributed by atoms with Crippen molar-refractivity contribution >= 4 is 17.0 Å². The van der Waals surface area contributed by atoms with E-state index in [4.69, 9.17) is 9.47 Å². The van der Waals surface area contributed by atoms with Gasteiger partial charge in [-0.1, -0.05) is 51.1 Å². The van der Waals surface area contributed by atoms with Gasteiger partial charge in [0.05, 0.1) is 6.33 Å². The first-order chi connectivity index (χ1) is 12.0. The molecule has 0 aliphatic rings. The van der Waals surface area contributed by atoms with Gasteiger partial charge in [0.1, 0.15) is 24.7 Å². The molecule has 0 saturated carbocycles. The average Bonchev–Trinajstić information content (AvgIpc) is 3.09. The second-order valence-corrected chi connectivity index (χ2v) is 6.96. The number of nitrogens with zero attached hydrogens (tertiary/aromatic N) is 2. The number of hydrogen-bond donors (Lipinski definition) is 0. The van der Waals surface area contributed by atoms with Crippen LogP contribution in [0.5, 0.6) is 5.75 Å². The Morgan fingerprint density at radius 1 is 1.08 bits per heavy atom. The Kier molecular flexibility index (Phi) is 5.08. The number of allylic oxidation sites excluding steroid dienone is 1. The van der Waals surface area contributed by atoms with E-state index in [1.54, 1.807) is 12.5 Å². The third-order valence-corrected chi connectivity index (χ3v) is 3.86. The van der Waals surface area contributed by atoms with Crippen molar-refractivity contribution in [3.63, 3.8) is 0 Å². The zero-order valence-electron chi connectivity index (χ0n) is 15.0. The fraction of sp³-hybridized carbons (Fsp3) is 0.286. The fourth-order valence-electron chi connectivity index (χ4n) is 2.50. The van der Waals surface area contributed by atoms with Crippen LogP contribution in [0.1, 0.15) is 20.8 Å². The number of ether oxygens (including phenoxy) is 2. The lowest BCUT2D eigenvalue weighted by molar-refractivity contribution is 0.119. The Morgan fingerprint density at radius 2 is 1.88 bits per heavy atom. The number of imidazole rings is 1. The molecule has 1 aromatic heterocycles. The van der Waals surface area contributed by atoms with Crippen LogP contribution in [0.25, 0.3) is 17.0 Å². The molecule has 0 atom stereocenters. The van der Waals surface area contributed by atoms with Crippen molar-refractivity contribution in [3.8, 4) is 5.75 Å². The van der Waals surface area contributed by atoms with Crippen LogP contribution < -0.4 is 4.74 Å². The molecule has 4 heteroatoms. The lowest BCUT2D eigenvalue weighted by atomic mass is 9.94. The minimum Gasteiger partial charge on any atom is -0.492 e. The minimum absolute atomic E-state index is 0.0901. The fourth-order valence-corrected chi connectivity index (χ4v) is 2.50. The molecule has 3 aromatic rings. The van der Waals surface area contributed by atoms with Gasteiger partial charge in [-0.15, -0.1) is 0 Å². The van der Waals surface area contributed by atoms with Gasteiger partial charge in [-0.3, -0.25) is 0 Å². The van der Waals surface area contributed by atoms with E-state index >= 15 is 0 Å². The molecule has 130 valence electrons. The quantitative estimate of drug-likeness (QED) is 0.471. The normalized spacial score (nSPS) is 12.4. The Hall–Kier alpha value is -2.75. The van der Waals surface area contributed by atoms with Gasteiger partial charge >= 0.3 is 0 Å². The minimum atomic E-state index is -0.0901. The zero-order valence-corrected chi connectivity index (χ0v) is 15.0. The van der Waals surface area contributed by atoms with E-state index in [2.05, 4.69) is 50.0 Å². The van der Waals surface area contributed by atoms with Gasteiger partial charge in [-0.05, 0) is 22.9 Å². The predicted molar refractivity (Wildman–Crippen MR) is 101 cm³/mol. The molecule has 3 rings (SSSR count). The average molecular weight is 336 g/mol. The molecule has 0 radical (unpaired) electrons. The van der Waals surface area contributed by atoms with Crippen molar-refractivity contribution in [1.29, 1.82) is 0 Å². The topological polar surface area (TPSA) is 36.3 Å². The van der Waals surface area contributed by atoms with Gasteiger partial charge in [0, 0.05) is 24.0 Å². The lowest BCUT2D eigenvalue weighted by Crippen LogP contribution is -2.16. The van der Waals surface area contributed by atoms with Crippen molar-refractivity contribution in [2.24, 2.45) is 5.41 Å². The highest BCUT2D eigenvalue weighted by molar-refractivity contribution is 5.83. The van der Waals surface area contributed by atoms with Crippen molar-refractivity contribution in [2.75, 3.05) is 13.2 Å². The highest BCUT2D eigenvalue weighted by Crippen LogP contribution is 2.27. The Bertz CT molecular complexity index is 846. The van der Waals surface area contributed by atoms with Crippen molar-refractivity contribution in [3.05, 3.63) is 66.9 Å². The van der Waals surface area contributed by atoms with Crippen LogP contribution in [-0.2, 0) is 4.74 Å². The summed E-state index contributed by atoms with van der Waals surface area (Å²) in [5.41, 5.74) is -0.0901. The molecule has 25 heavy (non-hydrogen) atoms. The monoisotopic (exact) mass is 336 g/mol. The molecule has 1 heterocycles. The van der Waals surface area contributed by atoms with Gasteiger partial charge in [-0.25, -0.2) is 4.98 Å². The summed E-state index contributed by atoms with van der Waals surface area (Å²) in [5, 5.41) is 2.39. The first-order valence-electron chi connectivity index (χ1n) is 8.46. The third kappa shape index (κ3) is 4.63. The summed E-state index contributed by atoms with van der Waals surface area (Å²) in [4.78, 5) is 4.06. The van der Waals surface area contributed by atoms with Gasteiger partial charge in [0.15, 0.2) is 0 Å². The van der Waals surface area contributed by atoms with Crippen LogP contribution in [0.4, 0.5) is 0 Å². The maximum atomic E-state index is 5.98.